The van der Waals surface area contributed by atoms with Crippen molar-refractivity contribution in [3.05, 3.63) is 47.9 Å². The maximum absolute atomic E-state index is 13.2. The van der Waals surface area contributed by atoms with E-state index in [4.69, 9.17) is 9.84 Å². The Labute approximate surface area is 140 Å². The van der Waals surface area contributed by atoms with Gasteiger partial charge in [-0.2, -0.15) is 13.2 Å². The Morgan fingerprint density at radius 3 is 2.28 bits per heavy atom. The molecule has 1 aromatic heterocycles. The van der Waals surface area contributed by atoms with Crippen LogP contribution in [0.1, 0.15) is 17.6 Å². The Morgan fingerprint density at radius 2 is 1.72 bits per heavy atom. The number of alkyl halides is 3. The van der Waals surface area contributed by atoms with Gasteiger partial charge in [-0.3, -0.25) is 0 Å². The molecule has 2 aromatic rings. The molecule has 1 fully saturated rings. The first-order valence-corrected chi connectivity index (χ1v) is 7.45. The monoisotopic (exact) mass is 356 g/mol. The van der Waals surface area contributed by atoms with Crippen LogP contribution in [0.3, 0.4) is 0 Å². The molecule has 0 radical (unpaired) electrons. The lowest BCUT2D eigenvalue weighted by atomic mass is 10.1. The van der Waals surface area contributed by atoms with Gasteiger partial charge < -0.3 is 20.1 Å². The lowest BCUT2D eigenvalue weighted by Crippen LogP contribution is -2.32. The Bertz CT molecular complexity index is 742. The van der Waals surface area contributed by atoms with Crippen LogP contribution in [0.25, 0.3) is 11.3 Å². The smallest absolute Gasteiger partial charge is 0.394 e. The summed E-state index contributed by atoms with van der Waals surface area (Å²) in [6.45, 7) is -0.598. The molecule has 6 nitrogen and oxygen atoms in total. The molecule has 25 heavy (non-hydrogen) atoms. The van der Waals surface area contributed by atoms with E-state index in [0.717, 1.165) is 6.07 Å². The lowest BCUT2D eigenvalue weighted by molar-refractivity contribution is -0.141. The van der Waals surface area contributed by atoms with Crippen LogP contribution in [0.2, 0.25) is 0 Å². The fourth-order valence-electron chi connectivity index (χ4n) is 2.61. The van der Waals surface area contributed by atoms with Gasteiger partial charge in [-0.25, -0.2) is 9.97 Å². The number of hydrogen-bond donors (Lipinski definition) is 3. The predicted molar refractivity (Wildman–Crippen MR) is 79.2 cm³/mol. The van der Waals surface area contributed by atoms with Crippen LogP contribution in [-0.4, -0.2) is 50.2 Å². The van der Waals surface area contributed by atoms with E-state index in [1.807, 2.05) is 0 Å². The van der Waals surface area contributed by atoms with E-state index in [2.05, 4.69) is 9.97 Å². The highest BCUT2D eigenvalue weighted by Gasteiger charge is 2.45. The van der Waals surface area contributed by atoms with E-state index < -0.39 is 48.7 Å². The number of benzene rings is 1. The Hall–Kier alpha value is -2.07. The van der Waals surface area contributed by atoms with Crippen molar-refractivity contribution >= 4 is 0 Å². The van der Waals surface area contributed by atoms with Gasteiger partial charge in [0.25, 0.3) is 0 Å². The van der Waals surface area contributed by atoms with Crippen LogP contribution in [-0.2, 0) is 10.9 Å². The van der Waals surface area contributed by atoms with Gasteiger partial charge in [-0.1, -0.05) is 30.3 Å². The SMILES string of the molecule is OC[C@H]1O[C@@H](c2nc(-c3ccccc3)cc(C(F)(F)F)n2)[C@H](O)[C@@H]1O. The van der Waals surface area contributed by atoms with Crippen LogP contribution < -0.4 is 0 Å². The molecule has 3 N–H and O–H groups in total. The van der Waals surface area contributed by atoms with Crippen molar-refractivity contribution in [3.8, 4) is 11.3 Å². The quantitative estimate of drug-likeness (QED) is 0.768. The van der Waals surface area contributed by atoms with Crippen molar-refractivity contribution in [2.24, 2.45) is 0 Å². The van der Waals surface area contributed by atoms with Crippen LogP contribution in [0.4, 0.5) is 13.2 Å². The number of aliphatic hydroxyl groups excluding tert-OH is 3. The first-order valence-electron chi connectivity index (χ1n) is 7.45. The summed E-state index contributed by atoms with van der Waals surface area (Å²) in [4.78, 5) is 7.52. The van der Waals surface area contributed by atoms with Crippen molar-refractivity contribution in [2.75, 3.05) is 6.61 Å². The first kappa shape index (κ1) is 17.7. The average Bonchev–Trinajstić information content (AvgIpc) is 2.89. The third kappa shape index (κ3) is 3.49. The van der Waals surface area contributed by atoms with E-state index in [-0.39, 0.29) is 5.69 Å². The number of ether oxygens (including phenoxy) is 1. The Balaban J connectivity index is 2.08. The molecule has 3 rings (SSSR count). The zero-order chi connectivity index (χ0) is 18.2. The van der Waals surface area contributed by atoms with Gasteiger partial charge in [0.05, 0.1) is 12.3 Å². The number of rotatable bonds is 3. The predicted octanol–water partition coefficient (Wildman–Crippen LogP) is 1.32. The zero-order valence-electron chi connectivity index (χ0n) is 12.8. The summed E-state index contributed by atoms with van der Waals surface area (Å²) in [5, 5.41) is 28.9. The highest BCUT2D eigenvalue weighted by Crippen LogP contribution is 2.35. The van der Waals surface area contributed by atoms with Crippen LogP contribution in [0.15, 0.2) is 36.4 Å². The van der Waals surface area contributed by atoms with Crippen LogP contribution in [0.5, 0.6) is 0 Å². The number of hydrogen-bond acceptors (Lipinski definition) is 6. The van der Waals surface area contributed by atoms with Gasteiger partial charge in [-0.05, 0) is 6.07 Å². The molecule has 1 aliphatic heterocycles. The molecule has 0 aliphatic carbocycles. The number of nitrogens with zero attached hydrogens (tertiary/aromatic N) is 2. The molecule has 1 aromatic carbocycles. The molecule has 2 heterocycles. The fourth-order valence-corrected chi connectivity index (χ4v) is 2.61. The third-order valence-electron chi connectivity index (χ3n) is 3.90. The summed E-state index contributed by atoms with van der Waals surface area (Å²) in [6, 6.07) is 8.99. The summed E-state index contributed by atoms with van der Waals surface area (Å²) in [6.07, 6.45) is -10.2. The Morgan fingerprint density at radius 1 is 1.04 bits per heavy atom. The van der Waals surface area contributed by atoms with E-state index in [1.54, 1.807) is 30.3 Å². The molecular weight excluding hydrogens is 341 g/mol. The second-order valence-corrected chi connectivity index (χ2v) is 5.62. The molecular formula is C16H15F3N2O4. The van der Waals surface area contributed by atoms with Crippen molar-refractivity contribution in [1.82, 2.24) is 9.97 Å². The van der Waals surface area contributed by atoms with Crippen molar-refractivity contribution in [3.63, 3.8) is 0 Å². The number of halogens is 3. The second kappa shape index (κ2) is 6.68. The van der Waals surface area contributed by atoms with Crippen LogP contribution in [0, 0.1) is 0 Å². The molecule has 1 aliphatic rings. The molecule has 9 heteroatoms. The highest BCUT2D eigenvalue weighted by molar-refractivity contribution is 5.59. The number of aromatic nitrogens is 2. The molecule has 0 unspecified atom stereocenters. The zero-order valence-corrected chi connectivity index (χ0v) is 12.8. The minimum Gasteiger partial charge on any atom is -0.394 e. The summed E-state index contributed by atoms with van der Waals surface area (Å²) in [5.41, 5.74) is -0.742. The molecule has 0 saturated carbocycles. The van der Waals surface area contributed by atoms with Gasteiger partial charge in [0.2, 0.25) is 0 Å². The lowest BCUT2D eigenvalue weighted by Gasteiger charge is -2.16. The minimum atomic E-state index is -4.72. The molecule has 1 saturated heterocycles. The van der Waals surface area contributed by atoms with Crippen molar-refractivity contribution in [2.45, 2.75) is 30.6 Å². The summed E-state index contributed by atoms with van der Waals surface area (Å²) >= 11 is 0. The largest absolute Gasteiger partial charge is 0.433 e. The van der Waals surface area contributed by atoms with E-state index in [9.17, 15) is 23.4 Å². The summed E-state index contributed by atoms with van der Waals surface area (Å²) < 4.78 is 44.8. The average molecular weight is 356 g/mol. The normalized spacial score (nSPS) is 26.8. The van der Waals surface area contributed by atoms with Gasteiger partial charge in [0, 0.05) is 5.56 Å². The van der Waals surface area contributed by atoms with E-state index >= 15 is 0 Å². The first-order chi connectivity index (χ1) is 11.8. The highest BCUT2D eigenvalue weighted by atomic mass is 19.4. The molecule has 0 amide bonds. The topological polar surface area (TPSA) is 95.7 Å². The van der Waals surface area contributed by atoms with Gasteiger partial charge in [-0.15, -0.1) is 0 Å². The van der Waals surface area contributed by atoms with Crippen molar-refractivity contribution in [1.29, 1.82) is 0 Å². The van der Waals surface area contributed by atoms with E-state index in [0.29, 0.717) is 5.56 Å². The van der Waals surface area contributed by atoms with Gasteiger partial charge >= 0.3 is 6.18 Å². The minimum absolute atomic E-state index is 0.00987. The standard InChI is InChI=1S/C16H15F3N2O4/c17-16(18,19)11-6-9(8-4-2-1-3-5-8)20-15(21-11)14-13(24)12(23)10(7-22)25-14/h1-6,10,12-14,22-24H,7H2/t10-,12-,13-,14-/m1/s1. The molecule has 0 spiro atoms. The maximum atomic E-state index is 13.2. The van der Waals surface area contributed by atoms with Crippen molar-refractivity contribution < 1.29 is 33.2 Å². The van der Waals surface area contributed by atoms with Gasteiger partial charge in [0.15, 0.2) is 5.82 Å². The maximum Gasteiger partial charge on any atom is 0.433 e. The third-order valence-corrected chi connectivity index (χ3v) is 3.90. The van der Waals surface area contributed by atoms with Crippen LogP contribution >= 0.6 is 0 Å². The van der Waals surface area contributed by atoms with E-state index in [1.165, 1.54) is 0 Å². The molecule has 134 valence electrons. The summed E-state index contributed by atoms with van der Waals surface area (Å²) in [7, 11) is 0. The fraction of sp³-hybridized carbons (Fsp3) is 0.375. The number of aliphatic hydroxyl groups is 3. The Kier molecular flexibility index (Phi) is 4.74. The molecule has 4 atom stereocenters. The summed E-state index contributed by atoms with van der Waals surface area (Å²) in [5.74, 6) is -0.406. The molecule has 0 bridgehead atoms. The second-order valence-electron chi connectivity index (χ2n) is 5.62. The van der Waals surface area contributed by atoms with Gasteiger partial charge in [0.1, 0.15) is 30.1 Å².